The Balaban J connectivity index is 1.49. The van der Waals surface area contributed by atoms with Crippen LogP contribution in [0, 0.1) is 0 Å². The smallest absolute Gasteiger partial charge is 0.417 e. The van der Waals surface area contributed by atoms with Crippen LogP contribution in [-0.4, -0.2) is 41.9 Å². The largest absolute Gasteiger partial charge is 0.490 e. The molecule has 1 N–H and O–H groups in total. The lowest BCUT2D eigenvalue weighted by Gasteiger charge is -2.33. The van der Waals surface area contributed by atoms with Crippen molar-refractivity contribution in [1.29, 1.82) is 0 Å². The summed E-state index contributed by atoms with van der Waals surface area (Å²) in [5.41, 5.74) is 0.0825. The maximum Gasteiger partial charge on any atom is 0.417 e. The highest BCUT2D eigenvalue weighted by Crippen LogP contribution is 2.23. The summed E-state index contributed by atoms with van der Waals surface area (Å²) in [6, 6.07) is 16.0. The highest BCUT2D eigenvalue weighted by Gasteiger charge is 2.27. The molecule has 2 aromatic rings. The summed E-state index contributed by atoms with van der Waals surface area (Å²) in [5.74, 6) is 1.13. The minimum absolute atomic E-state index is 0.00444. The fourth-order valence-electron chi connectivity index (χ4n) is 3.06. The molecule has 1 aliphatic rings. The number of hydrogen-bond acceptors (Lipinski definition) is 5. The highest BCUT2D eigenvalue weighted by atomic mass is 16.6. The van der Waals surface area contributed by atoms with Crippen LogP contribution in [0.4, 0.5) is 15.3 Å². The van der Waals surface area contributed by atoms with E-state index in [0.717, 1.165) is 0 Å². The van der Waals surface area contributed by atoms with Gasteiger partial charge in [-0.1, -0.05) is 24.3 Å². The molecule has 0 atom stereocenters. The van der Waals surface area contributed by atoms with E-state index >= 15 is 0 Å². The molecule has 0 bridgehead atoms. The average molecular weight is 412 g/mol. The Kier molecular flexibility index (Phi) is 6.82. The molecule has 30 heavy (non-hydrogen) atoms. The topological polar surface area (TPSA) is 77.1 Å². The normalized spacial score (nSPS) is 14.7. The minimum Gasteiger partial charge on any atom is -0.490 e. The Morgan fingerprint density at radius 2 is 1.63 bits per heavy atom. The molecular weight excluding hydrogens is 384 g/mol. The van der Waals surface area contributed by atoms with E-state index in [0.29, 0.717) is 43.1 Å². The predicted molar refractivity (Wildman–Crippen MR) is 114 cm³/mol. The van der Waals surface area contributed by atoms with Crippen LogP contribution in [0.2, 0.25) is 0 Å². The second-order valence-electron chi connectivity index (χ2n) is 8.14. The van der Waals surface area contributed by atoms with Crippen LogP contribution in [0.3, 0.4) is 0 Å². The monoisotopic (exact) mass is 412 g/mol. The van der Waals surface area contributed by atoms with Crippen molar-refractivity contribution in [3.05, 3.63) is 54.6 Å². The van der Waals surface area contributed by atoms with Gasteiger partial charge in [0.2, 0.25) is 0 Å². The molecule has 0 unspecified atom stereocenters. The van der Waals surface area contributed by atoms with Crippen molar-refractivity contribution in [3.63, 3.8) is 0 Å². The molecule has 1 heterocycles. The van der Waals surface area contributed by atoms with Crippen LogP contribution in [-0.2, 0) is 4.74 Å². The maximum absolute atomic E-state index is 12.2. The third-order valence-electron chi connectivity index (χ3n) is 4.43. The molecule has 3 rings (SSSR count). The predicted octanol–water partition coefficient (Wildman–Crippen LogP) is 5.08. The number of hydrogen-bond donors (Lipinski definition) is 1. The minimum atomic E-state index is -0.566. The number of carbonyl (C=O) groups excluding carboxylic acids is 2. The maximum atomic E-state index is 12.2. The summed E-state index contributed by atoms with van der Waals surface area (Å²) < 4.78 is 16.7. The molecule has 7 nitrogen and oxygen atoms in total. The van der Waals surface area contributed by atoms with Crippen molar-refractivity contribution >= 4 is 17.9 Å². The summed E-state index contributed by atoms with van der Waals surface area (Å²) >= 11 is 0. The number of ether oxygens (including phenoxy) is 3. The summed E-state index contributed by atoms with van der Waals surface area (Å²) in [6.45, 7) is 6.74. The van der Waals surface area contributed by atoms with Gasteiger partial charge in [-0.05, 0) is 45.0 Å². The van der Waals surface area contributed by atoms with Gasteiger partial charge in [0.15, 0.2) is 0 Å². The van der Waals surface area contributed by atoms with Crippen LogP contribution < -0.4 is 14.8 Å². The first-order valence-corrected chi connectivity index (χ1v) is 10.1. The standard InChI is InChI=1S/C23H28N2O5/c1-23(2,3)30-22(27)25-14-12-19(13-15-25)28-20-11-7-8-17(16-20)24-21(26)29-18-9-5-4-6-10-18/h4-11,16,19H,12-15H2,1-3H3,(H,24,26). The van der Waals surface area contributed by atoms with E-state index in [2.05, 4.69) is 5.32 Å². The fourth-order valence-corrected chi connectivity index (χ4v) is 3.06. The van der Waals surface area contributed by atoms with Crippen LogP contribution in [0.5, 0.6) is 11.5 Å². The molecule has 2 aromatic carbocycles. The second kappa shape index (κ2) is 9.52. The van der Waals surface area contributed by atoms with Crippen LogP contribution in [0.25, 0.3) is 0 Å². The van der Waals surface area contributed by atoms with Gasteiger partial charge in [0.1, 0.15) is 23.2 Å². The quantitative estimate of drug-likeness (QED) is 0.758. The average Bonchev–Trinajstić information content (AvgIpc) is 2.68. The Labute approximate surface area is 176 Å². The molecular formula is C23H28N2O5. The van der Waals surface area contributed by atoms with Crippen molar-refractivity contribution in [2.75, 3.05) is 18.4 Å². The van der Waals surface area contributed by atoms with Crippen molar-refractivity contribution in [3.8, 4) is 11.5 Å². The number of amides is 2. The van der Waals surface area contributed by atoms with E-state index in [1.807, 2.05) is 39.0 Å². The third-order valence-corrected chi connectivity index (χ3v) is 4.43. The highest BCUT2D eigenvalue weighted by molar-refractivity contribution is 5.86. The Bertz CT molecular complexity index is 855. The number of benzene rings is 2. The molecule has 0 saturated carbocycles. The third kappa shape index (κ3) is 6.69. The summed E-state index contributed by atoms with van der Waals surface area (Å²) in [7, 11) is 0. The van der Waals surface area contributed by atoms with Crippen molar-refractivity contribution in [2.24, 2.45) is 0 Å². The molecule has 1 saturated heterocycles. The number of piperidine rings is 1. The zero-order chi connectivity index (χ0) is 21.6. The molecule has 0 aliphatic carbocycles. The van der Waals surface area contributed by atoms with Gasteiger partial charge in [-0.3, -0.25) is 5.32 Å². The van der Waals surface area contributed by atoms with E-state index in [4.69, 9.17) is 14.2 Å². The first kappa shape index (κ1) is 21.5. The van der Waals surface area contributed by atoms with E-state index in [9.17, 15) is 9.59 Å². The number of anilines is 1. The molecule has 7 heteroatoms. The Morgan fingerprint density at radius 1 is 0.967 bits per heavy atom. The van der Waals surface area contributed by atoms with Crippen molar-refractivity contribution in [1.82, 2.24) is 4.90 Å². The van der Waals surface area contributed by atoms with Gasteiger partial charge >= 0.3 is 12.2 Å². The Hall–Kier alpha value is -3.22. The number of nitrogens with one attached hydrogen (secondary N) is 1. The van der Waals surface area contributed by atoms with Gasteiger partial charge in [0.05, 0.1) is 0 Å². The first-order valence-electron chi connectivity index (χ1n) is 10.1. The Morgan fingerprint density at radius 3 is 2.30 bits per heavy atom. The van der Waals surface area contributed by atoms with E-state index in [-0.39, 0.29) is 12.2 Å². The lowest BCUT2D eigenvalue weighted by molar-refractivity contribution is 0.0126. The van der Waals surface area contributed by atoms with Gasteiger partial charge in [-0.25, -0.2) is 9.59 Å². The zero-order valence-electron chi connectivity index (χ0n) is 17.6. The molecule has 1 aliphatic heterocycles. The van der Waals surface area contributed by atoms with Gasteiger partial charge in [-0.15, -0.1) is 0 Å². The number of carbonyl (C=O) groups is 2. The zero-order valence-corrected chi connectivity index (χ0v) is 17.6. The molecule has 160 valence electrons. The van der Waals surface area contributed by atoms with Crippen LogP contribution >= 0.6 is 0 Å². The van der Waals surface area contributed by atoms with Crippen molar-refractivity contribution < 1.29 is 23.8 Å². The molecule has 1 fully saturated rings. The van der Waals surface area contributed by atoms with E-state index in [1.165, 1.54) is 0 Å². The number of rotatable bonds is 4. The van der Waals surface area contributed by atoms with Gasteiger partial charge in [0.25, 0.3) is 0 Å². The lowest BCUT2D eigenvalue weighted by atomic mass is 10.1. The molecule has 0 spiro atoms. The fraction of sp³-hybridized carbons (Fsp3) is 0.391. The number of para-hydroxylation sites is 1. The van der Waals surface area contributed by atoms with E-state index < -0.39 is 11.7 Å². The van der Waals surface area contributed by atoms with Gasteiger partial charge in [0, 0.05) is 37.7 Å². The summed E-state index contributed by atoms with van der Waals surface area (Å²) in [4.78, 5) is 25.9. The molecule has 2 amide bonds. The SMILES string of the molecule is CC(C)(C)OC(=O)N1CCC(Oc2cccc(NC(=O)Oc3ccccc3)c2)CC1. The van der Waals surface area contributed by atoms with Gasteiger partial charge < -0.3 is 19.1 Å². The summed E-state index contributed by atoms with van der Waals surface area (Å²) in [5, 5.41) is 2.70. The van der Waals surface area contributed by atoms with Gasteiger partial charge in [-0.2, -0.15) is 0 Å². The van der Waals surface area contributed by atoms with E-state index in [1.54, 1.807) is 41.3 Å². The van der Waals surface area contributed by atoms with Crippen LogP contribution in [0.1, 0.15) is 33.6 Å². The first-order chi connectivity index (χ1) is 14.3. The number of likely N-dealkylation sites (tertiary alicyclic amines) is 1. The number of nitrogens with zero attached hydrogens (tertiary/aromatic N) is 1. The molecule has 0 aromatic heterocycles. The van der Waals surface area contributed by atoms with Crippen molar-refractivity contribution in [2.45, 2.75) is 45.3 Å². The summed E-state index contributed by atoms with van der Waals surface area (Å²) in [6.07, 6.45) is 0.572. The van der Waals surface area contributed by atoms with Crippen LogP contribution in [0.15, 0.2) is 54.6 Å². The second-order valence-corrected chi connectivity index (χ2v) is 8.14. The lowest BCUT2D eigenvalue weighted by Crippen LogP contribution is -2.44. The molecule has 0 radical (unpaired) electrons.